The standard InChI is InChI=1S/C7H14N2O5S/c1-6(5-10)3-4-14-7(11)9-15(12,13)8-2/h3,8,10H,4-5H2,1-2H3,(H,9,11)/b6-3+. The Kier molecular flexibility index (Phi) is 5.90. The largest absolute Gasteiger partial charge is 0.445 e. The lowest BCUT2D eigenvalue weighted by Gasteiger charge is -2.05. The Balaban J connectivity index is 3.97. The summed E-state index contributed by atoms with van der Waals surface area (Å²) >= 11 is 0. The van der Waals surface area contributed by atoms with Crippen molar-refractivity contribution in [2.75, 3.05) is 20.3 Å². The van der Waals surface area contributed by atoms with Crippen LogP contribution in [0.3, 0.4) is 0 Å². The van der Waals surface area contributed by atoms with Gasteiger partial charge in [0.25, 0.3) is 0 Å². The SMILES string of the molecule is CNS(=O)(=O)NC(=O)OC/C=C(\C)CO. The maximum atomic E-state index is 10.8. The van der Waals surface area contributed by atoms with E-state index in [2.05, 4.69) is 4.74 Å². The van der Waals surface area contributed by atoms with Crippen LogP contribution >= 0.6 is 0 Å². The van der Waals surface area contributed by atoms with Gasteiger partial charge in [0.05, 0.1) is 6.61 Å². The molecule has 0 rings (SSSR count). The highest BCUT2D eigenvalue weighted by Crippen LogP contribution is 1.90. The molecule has 0 aromatic rings. The van der Waals surface area contributed by atoms with Gasteiger partial charge in [-0.1, -0.05) is 0 Å². The Morgan fingerprint density at radius 3 is 2.60 bits per heavy atom. The van der Waals surface area contributed by atoms with Crippen LogP contribution in [0, 0.1) is 0 Å². The maximum absolute atomic E-state index is 10.8. The number of carbonyl (C=O) groups excluding carboxylic acids is 1. The van der Waals surface area contributed by atoms with Crippen molar-refractivity contribution in [2.24, 2.45) is 0 Å². The van der Waals surface area contributed by atoms with E-state index in [0.717, 1.165) is 7.05 Å². The molecule has 0 saturated heterocycles. The van der Waals surface area contributed by atoms with Crippen LogP contribution in [0.4, 0.5) is 4.79 Å². The molecule has 0 fully saturated rings. The number of amides is 1. The molecule has 88 valence electrons. The van der Waals surface area contributed by atoms with E-state index in [4.69, 9.17) is 5.11 Å². The number of carbonyl (C=O) groups is 1. The number of hydrogen-bond acceptors (Lipinski definition) is 5. The molecule has 0 radical (unpaired) electrons. The monoisotopic (exact) mass is 238 g/mol. The average molecular weight is 238 g/mol. The van der Waals surface area contributed by atoms with Gasteiger partial charge in [0.15, 0.2) is 0 Å². The molecule has 0 spiro atoms. The summed E-state index contributed by atoms with van der Waals surface area (Å²) in [4.78, 5) is 10.8. The van der Waals surface area contributed by atoms with Crippen molar-refractivity contribution in [2.45, 2.75) is 6.92 Å². The van der Waals surface area contributed by atoms with Crippen molar-refractivity contribution < 1.29 is 23.1 Å². The first kappa shape index (κ1) is 13.9. The van der Waals surface area contributed by atoms with E-state index in [1.54, 1.807) is 11.6 Å². The molecule has 0 heterocycles. The van der Waals surface area contributed by atoms with Gasteiger partial charge < -0.3 is 9.84 Å². The van der Waals surface area contributed by atoms with Crippen LogP contribution in [-0.4, -0.2) is 39.9 Å². The molecule has 0 aliphatic rings. The fraction of sp³-hybridized carbons (Fsp3) is 0.571. The fourth-order valence-electron chi connectivity index (χ4n) is 0.514. The molecule has 8 heteroatoms. The summed E-state index contributed by atoms with van der Waals surface area (Å²) in [6.45, 7) is 1.41. The smallest absolute Gasteiger partial charge is 0.422 e. The molecule has 0 aromatic heterocycles. The lowest BCUT2D eigenvalue weighted by molar-refractivity contribution is 0.164. The van der Waals surface area contributed by atoms with E-state index in [9.17, 15) is 13.2 Å². The Bertz CT molecular complexity index is 335. The summed E-state index contributed by atoms with van der Waals surface area (Å²) in [5, 5.41) is 8.59. The zero-order valence-electron chi connectivity index (χ0n) is 8.48. The Morgan fingerprint density at radius 2 is 2.13 bits per heavy atom. The van der Waals surface area contributed by atoms with Crippen molar-refractivity contribution in [3.63, 3.8) is 0 Å². The zero-order chi connectivity index (χ0) is 11.9. The Morgan fingerprint density at radius 1 is 1.53 bits per heavy atom. The zero-order valence-corrected chi connectivity index (χ0v) is 9.30. The van der Waals surface area contributed by atoms with Gasteiger partial charge in [0.2, 0.25) is 0 Å². The van der Waals surface area contributed by atoms with Crippen LogP contribution in [0.25, 0.3) is 0 Å². The first-order chi connectivity index (χ1) is 6.91. The van der Waals surface area contributed by atoms with Crippen LogP contribution in [0.15, 0.2) is 11.6 Å². The van der Waals surface area contributed by atoms with Gasteiger partial charge in [-0.25, -0.2) is 14.2 Å². The molecule has 7 nitrogen and oxygen atoms in total. The number of aliphatic hydroxyl groups is 1. The van der Waals surface area contributed by atoms with Crippen molar-refractivity contribution in [3.05, 3.63) is 11.6 Å². The maximum Gasteiger partial charge on any atom is 0.422 e. The van der Waals surface area contributed by atoms with Gasteiger partial charge in [0, 0.05) is 7.05 Å². The van der Waals surface area contributed by atoms with Crippen molar-refractivity contribution in [1.82, 2.24) is 9.44 Å². The molecule has 0 saturated carbocycles. The molecule has 3 N–H and O–H groups in total. The highest BCUT2D eigenvalue weighted by Gasteiger charge is 2.11. The number of nitrogens with one attached hydrogen (secondary N) is 2. The molecule has 0 aromatic carbocycles. The molecule has 0 aliphatic carbocycles. The summed E-state index contributed by atoms with van der Waals surface area (Å²) in [7, 11) is -2.66. The minimum absolute atomic E-state index is 0.0997. The summed E-state index contributed by atoms with van der Waals surface area (Å²) < 4.78 is 29.6. The Labute approximate surface area is 88.3 Å². The summed E-state index contributed by atoms with van der Waals surface area (Å²) in [6.07, 6.45) is 0.386. The van der Waals surface area contributed by atoms with Gasteiger partial charge in [-0.2, -0.15) is 8.42 Å². The van der Waals surface area contributed by atoms with Gasteiger partial charge in [-0.3, -0.25) is 0 Å². The highest BCUT2D eigenvalue weighted by atomic mass is 32.2. The van der Waals surface area contributed by atoms with Gasteiger partial charge in [-0.15, -0.1) is 0 Å². The minimum Gasteiger partial charge on any atom is -0.445 e. The molecule has 0 bridgehead atoms. The summed E-state index contributed by atoms with van der Waals surface area (Å²) in [5.41, 5.74) is 0.624. The van der Waals surface area contributed by atoms with Crippen molar-refractivity contribution in [3.8, 4) is 0 Å². The molecule has 0 atom stereocenters. The fourth-order valence-corrected chi connectivity index (χ4v) is 0.895. The third-order valence-corrected chi connectivity index (χ3v) is 2.35. The van der Waals surface area contributed by atoms with Crippen LogP contribution in [0.2, 0.25) is 0 Å². The normalized spacial score (nSPS) is 12.3. The minimum atomic E-state index is -3.82. The third kappa shape index (κ3) is 6.89. The van der Waals surface area contributed by atoms with Gasteiger partial charge >= 0.3 is 16.3 Å². The van der Waals surface area contributed by atoms with Gasteiger partial charge in [-0.05, 0) is 18.6 Å². The second kappa shape index (κ2) is 6.38. The number of aliphatic hydroxyl groups excluding tert-OH is 1. The van der Waals surface area contributed by atoms with E-state index in [0.29, 0.717) is 5.57 Å². The molecule has 15 heavy (non-hydrogen) atoms. The van der Waals surface area contributed by atoms with E-state index >= 15 is 0 Å². The topological polar surface area (TPSA) is 105 Å². The first-order valence-corrected chi connectivity index (χ1v) is 5.54. The van der Waals surface area contributed by atoms with E-state index in [1.807, 2.05) is 4.72 Å². The number of rotatable bonds is 5. The van der Waals surface area contributed by atoms with Crippen LogP contribution < -0.4 is 9.44 Å². The predicted molar refractivity (Wildman–Crippen MR) is 53.3 cm³/mol. The molecule has 1 amide bonds. The summed E-state index contributed by atoms with van der Waals surface area (Å²) in [5.74, 6) is 0. The Hall–Kier alpha value is -1.12. The van der Waals surface area contributed by atoms with E-state index in [-0.39, 0.29) is 13.2 Å². The molecular weight excluding hydrogens is 224 g/mol. The summed E-state index contributed by atoms with van der Waals surface area (Å²) in [6, 6.07) is 0. The molecule has 0 aliphatic heterocycles. The predicted octanol–water partition coefficient (Wildman–Crippen LogP) is -0.885. The number of ether oxygens (including phenoxy) is 1. The van der Waals surface area contributed by atoms with Crippen LogP contribution in [-0.2, 0) is 14.9 Å². The first-order valence-electron chi connectivity index (χ1n) is 4.06. The second-order valence-electron chi connectivity index (χ2n) is 2.62. The second-order valence-corrected chi connectivity index (χ2v) is 4.24. The molecular formula is C7H14N2O5S. The third-order valence-electron chi connectivity index (χ3n) is 1.38. The highest BCUT2D eigenvalue weighted by molar-refractivity contribution is 7.88. The lowest BCUT2D eigenvalue weighted by Crippen LogP contribution is -2.38. The quantitative estimate of drug-likeness (QED) is 0.539. The average Bonchev–Trinajstić information content (AvgIpc) is 2.16. The van der Waals surface area contributed by atoms with Gasteiger partial charge in [0.1, 0.15) is 6.61 Å². The molecule has 0 unspecified atom stereocenters. The van der Waals surface area contributed by atoms with Crippen LogP contribution in [0.1, 0.15) is 6.92 Å². The van der Waals surface area contributed by atoms with Crippen LogP contribution in [0.5, 0.6) is 0 Å². The van der Waals surface area contributed by atoms with E-state index in [1.165, 1.54) is 6.08 Å². The van der Waals surface area contributed by atoms with Crippen molar-refractivity contribution in [1.29, 1.82) is 0 Å². The van der Waals surface area contributed by atoms with Crippen molar-refractivity contribution >= 4 is 16.3 Å². The van der Waals surface area contributed by atoms with E-state index < -0.39 is 16.3 Å². The number of hydrogen-bond donors (Lipinski definition) is 3. The lowest BCUT2D eigenvalue weighted by atomic mass is 10.3.